The third kappa shape index (κ3) is 2.29. The normalized spacial score (nSPS) is 11.6. The number of aromatic amines is 1. The largest absolute Gasteiger partial charge is 0.357 e. The van der Waals surface area contributed by atoms with Crippen molar-refractivity contribution in [3.05, 3.63) is 31.2 Å². The van der Waals surface area contributed by atoms with Crippen molar-refractivity contribution in [2.45, 2.75) is 4.58 Å². The first-order valence-corrected chi connectivity index (χ1v) is 7.44. The number of hydrogen-bond acceptors (Lipinski definition) is 2. The molecule has 0 atom stereocenters. The van der Waals surface area contributed by atoms with Gasteiger partial charge in [0.25, 0.3) is 0 Å². The van der Waals surface area contributed by atoms with Crippen LogP contribution in [0.25, 0.3) is 10.9 Å². The summed E-state index contributed by atoms with van der Waals surface area (Å²) in [7, 11) is 0. The van der Waals surface area contributed by atoms with E-state index in [1.807, 2.05) is 12.1 Å². The molecule has 0 radical (unpaired) electrons. The Kier molecular flexibility index (Phi) is 3.83. The molecule has 0 fully saturated rings. The highest BCUT2D eigenvalue weighted by atomic mass is 79.9. The second kappa shape index (κ2) is 4.64. The van der Waals surface area contributed by atoms with E-state index < -0.39 is 0 Å². The van der Waals surface area contributed by atoms with E-state index in [1.165, 1.54) is 0 Å². The van der Waals surface area contributed by atoms with Crippen LogP contribution < -0.4 is 0 Å². The van der Waals surface area contributed by atoms with Gasteiger partial charge in [-0.25, -0.2) is 0 Å². The van der Waals surface area contributed by atoms with Crippen molar-refractivity contribution < 1.29 is 0 Å². The van der Waals surface area contributed by atoms with Crippen LogP contribution in [0.1, 0.15) is 10.3 Å². The number of benzene rings is 1. The van der Waals surface area contributed by atoms with Gasteiger partial charge in [0.05, 0.1) is 4.58 Å². The summed E-state index contributed by atoms with van der Waals surface area (Å²) in [6, 6.07) is 4.07. The molecule has 0 saturated heterocycles. The molecule has 0 aliphatic heterocycles. The number of hydrogen-bond donors (Lipinski definition) is 3. The topological polar surface area (TPSA) is 15.8 Å². The maximum absolute atomic E-state index is 4.28. The van der Waals surface area contributed by atoms with E-state index in [1.54, 1.807) is 0 Å². The molecule has 0 spiro atoms. The highest BCUT2D eigenvalue weighted by molar-refractivity contribution is 9.14. The molecule has 2 aromatic rings. The molecule has 2 rings (SSSR count). The Hall–Kier alpha value is 0.900. The van der Waals surface area contributed by atoms with Gasteiger partial charge in [-0.2, -0.15) is 25.3 Å². The average molecular weight is 432 g/mol. The Morgan fingerprint density at radius 2 is 1.73 bits per heavy atom. The van der Waals surface area contributed by atoms with Gasteiger partial charge in [-0.1, -0.05) is 0 Å². The number of fused-ring (bicyclic) bond motifs is 1. The zero-order chi connectivity index (χ0) is 11.2. The number of halogens is 3. The lowest BCUT2D eigenvalue weighted by molar-refractivity contribution is 1.25. The summed E-state index contributed by atoms with van der Waals surface area (Å²) in [5, 5.41) is 1.12. The summed E-state index contributed by atoms with van der Waals surface area (Å²) < 4.78 is 2.94. The van der Waals surface area contributed by atoms with Gasteiger partial charge in [-0.05, 0) is 59.9 Å². The first-order valence-electron chi connectivity index (χ1n) is 4.03. The highest BCUT2D eigenvalue weighted by Gasteiger charge is 2.12. The SMILES string of the molecule is SC(S)c1cc2c(Br)c(Br)c(Br)cc2[nH]1. The molecule has 0 bridgehead atoms. The standard InChI is InChI=1S/C9H6Br3NS2/c10-4-2-5-3(7(11)8(4)12)1-6(13-5)9(14)15/h1-2,9,13-15H. The monoisotopic (exact) mass is 429 g/mol. The predicted octanol–water partition coefficient (Wildman–Crippen LogP) is 5.31. The van der Waals surface area contributed by atoms with Crippen molar-refractivity contribution in [3.63, 3.8) is 0 Å². The summed E-state index contributed by atoms with van der Waals surface area (Å²) in [4.78, 5) is 3.27. The number of thiol groups is 2. The van der Waals surface area contributed by atoms with E-state index in [-0.39, 0.29) is 4.58 Å². The number of nitrogens with one attached hydrogen (secondary N) is 1. The lowest BCUT2D eigenvalue weighted by Crippen LogP contribution is -1.78. The summed E-state index contributed by atoms with van der Waals surface area (Å²) in [6.07, 6.45) is 0. The number of H-pyrrole nitrogens is 1. The fourth-order valence-electron chi connectivity index (χ4n) is 1.34. The van der Waals surface area contributed by atoms with Crippen LogP contribution in [-0.4, -0.2) is 4.98 Å². The summed E-state index contributed by atoms with van der Waals surface area (Å²) in [5.41, 5.74) is 2.04. The Labute approximate surface area is 124 Å². The second-order valence-electron chi connectivity index (χ2n) is 3.05. The van der Waals surface area contributed by atoms with Crippen LogP contribution in [0.3, 0.4) is 0 Å². The van der Waals surface area contributed by atoms with Crippen LogP contribution in [-0.2, 0) is 0 Å². The van der Waals surface area contributed by atoms with Crippen molar-refractivity contribution in [1.29, 1.82) is 0 Å². The molecule has 0 saturated carbocycles. The molecule has 0 unspecified atom stereocenters. The van der Waals surface area contributed by atoms with Gasteiger partial charge in [-0.3, -0.25) is 0 Å². The maximum atomic E-state index is 4.28. The molecule has 0 aliphatic carbocycles. The van der Waals surface area contributed by atoms with Crippen molar-refractivity contribution in [1.82, 2.24) is 4.98 Å². The number of aromatic nitrogens is 1. The van der Waals surface area contributed by atoms with E-state index >= 15 is 0 Å². The van der Waals surface area contributed by atoms with Gasteiger partial charge in [0.15, 0.2) is 0 Å². The first-order chi connectivity index (χ1) is 7.00. The molecule has 1 aromatic heterocycles. The van der Waals surface area contributed by atoms with E-state index in [2.05, 4.69) is 78.0 Å². The van der Waals surface area contributed by atoms with Crippen molar-refractivity contribution in [2.75, 3.05) is 0 Å². The average Bonchev–Trinajstić information content (AvgIpc) is 2.58. The van der Waals surface area contributed by atoms with Crippen LogP contribution in [0.15, 0.2) is 25.6 Å². The lowest BCUT2D eigenvalue weighted by atomic mass is 10.2. The number of rotatable bonds is 1. The Morgan fingerprint density at radius 1 is 1.07 bits per heavy atom. The molecule has 1 nitrogen and oxygen atoms in total. The van der Waals surface area contributed by atoms with Gasteiger partial charge >= 0.3 is 0 Å². The van der Waals surface area contributed by atoms with E-state index in [9.17, 15) is 0 Å². The molecule has 80 valence electrons. The van der Waals surface area contributed by atoms with E-state index in [0.717, 1.165) is 30.0 Å². The summed E-state index contributed by atoms with van der Waals surface area (Å²) >= 11 is 19.1. The van der Waals surface area contributed by atoms with Gasteiger partial charge in [0.1, 0.15) is 0 Å². The zero-order valence-corrected chi connectivity index (χ0v) is 13.8. The molecular weight excluding hydrogens is 426 g/mol. The van der Waals surface area contributed by atoms with E-state index in [0.29, 0.717) is 0 Å². The van der Waals surface area contributed by atoms with Crippen molar-refractivity contribution >= 4 is 84.0 Å². The molecule has 0 amide bonds. The smallest absolute Gasteiger partial charge is 0.0842 e. The molecule has 0 aliphatic rings. The van der Waals surface area contributed by atoms with E-state index in [4.69, 9.17) is 0 Å². The van der Waals surface area contributed by atoms with Gasteiger partial charge in [0.2, 0.25) is 0 Å². The fourth-order valence-corrected chi connectivity index (χ4v) is 3.18. The van der Waals surface area contributed by atoms with Crippen LogP contribution in [0.4, 0.5) is 0 Å². The third-order valence-electron chi connectivity index (χ3n) is 2.06. The van der Waals surface area contributed by atoms with Crippen LogP contribution in [0.5, 0.6) is 0 Å². The van der Waals surface area contributed by atoms with Gasteiger partial charge in [0, 0.05) is 30.0 Å². The lowest BCUT2D eigenvalue weighted by Gasteiger charge is -2.00. The van der Waals surface area contributed by atoms with Crippen LogP contribution >= 0.6 is 73.0 Å². The van der Waals surface area contributed by atoms with Gasteiger partial charge < -0.3 is 4.98 Å². The minimum atomic E-state index is -0.0955. The third-order valence-corrected chi connectivity index (χ3v) is 5.95. The highest BCUT2D eigenvalue weighted by Crippen LogP contribution is 2.39. The molecule has 1 aromatic carbocycles. The minimum absolute atomic E-state index is 0.0955. The minimum Gasteiger partial charge on any atom is -0.357 e. The van der Waals surface area contributed by atoms with Crippen LogP contribution in [0, 0.1) is 0 Å². The van der Waals surface area contributed by atoms with Crippen LogP contribution in [0.2, 0.25) is 0 Å². The predicted molar refractivity (Wildman–Crippen MR) is 82.1 cm³/mol. The first kappa shape index (κ1) is 12.4. The van der Waals surface area contributed by atoms with Gasteiger partial charge in [-0.15, -0.1) is 0 Å². The Bertz CT molecular complexity index is 522. The van der Waals surface area contributed by atoms with Crippen molar-refractivity contribution in [3.8, 4) is 0 Å². The quantitative estimate of drug-likeness (QED) is 0.308. The van der Waals surface area contributed by atoms with Crippen molar-refractivity contribution in [2.24, 2.45) is 0 Å². The Balaban J connectivity index is 2.76. The summed E-state index contributed by atoms with van der Waals surface area (Å²) in [6.45, 7) is 0. The molecule has 6 heteroatoms. The molecular formula is C9H6Br3NS2. The molecule has 1 heterocycles. The fraction of sp³-hybridized carbons (Fsp3) is 0.111. The molecule has 15 heavy (non-hydrogen) atoms. The Morgan fingerprint density at radius 3 is 2.33 bits per heavy atom. The summed E-state index contributed by atoms with van der Waals surface area (Å²) in [5.74, 6) is 0. The molecule has 1 N–H and O–H groups in total. The zero-order valence-electron chi connectivity index (χ0n) is 7.26. The second-order valence-corrected chi connectivity index (χ2v) is 6.93. The maximum Gasteiger partial charge on any atom is 0.0842 e.